The molecule has 4 heteroatoms. The Morgan fingerprint density at radius 3 is 2.88 bits per heavy atom. The third kappa shape index (κ3) is 2.44. The van der Waals surface area contributed by atoms with Crippen molar-refractivity contribution in [3.05, 3.63) is 46.5 Å². The van der Waals surface area contributed by atoms with Gasteiger partial charge in [0.1, 0.15) is 0 Å². The maximum Gasteiger partial charge on any atom is 0.0946 e. The van der Waals surface area contributed by atoms with E-state index < -0.39 is 0 Å². The zero-order valence-corrected chi connectivity index (χ0v) is 11.0. The maximum atomic E-state index is 4.08. The van der Waals surface area contributed by atoms with Crippen LogP contribution in [0.15, 0.2) is 35.2 Å². The van der Waals surface area contributed by atoms with Crippen LogP contribution in [0.2, 0.25) is 0 Å². The fourth-order valence-corrected chi connectivity index (χ4v) is 1.83. The van der Waals surface area contributed by atoms with Crippen LogP contribution < -0.4 is 5.32 Å². The second-order valence-corrected chi connectivity index (χ2v) is 4.67. The molecule has 16 heavy (non-hydrogen) atoms. The number of nitrogens with zero attached hydrogens (tertiary/aromatic N) is 2. The van der Waals surface area contributed by atoms with E-state index in [9.17, 15) is 0 Å². The minimum absolute atomic E-state index is 0.784. The highest BCUT2D eigenvalue weighted by Crippen LogP contribution is 2.20. The molecule has 0 spiro atoms. The molecule has 0 unspecified atom stereocenters. The molecule has 0 radical (unpaired) electrons. The molecule has 0 saturated carbocycles. The van der Waals surface area contributed by atoms with Gasteiger partial charge in [-0.15, -0.1) is 0 Å². The van der Waals surface area contributed by atoms with E-state index in [0.717, 1.165) is 22.4 Å². The molecule has 0 aliphatic heterocycles. The summed E-state index contributed by atoms with van der Waals surface area (Å²) in [6.07, 6.45) is 3.68. The van der Waals surface area contributed by atoms with E-state index in [0.29, 0.717) is 0 Å². The van der Waals surface area contributed by atoms with Crippen LogP contribution in [0.25, 0.3) is 0 Å². The second kappa shape index (κ2) is 4.70. The van der Waals surface area contributed by atoms with E-state index in [-0.39, 0.29) is 0 Å². The lowest BCUT2D eigenvalue weighted by atomic mass is 10.2. The smallest absolute Gasteiger partial charge is 0.0946 e. The summed E-state index contributed by atoms with van der Waals surface area (Å²) < 4.78 is 3.14. The Balaban J connectivity index is 2.05. The first-order valence-electron chi connectivity index (χ1n) is 5.12. The lowest BCUT2D eigenvalue weighted by Gasteiger charge is -2.08. The van der Waals surface area contributed by atoms with E-state index in [2.05, 4.69) is 51.4 Å². The molecular formula is C12H14BrN3. The molecule has 1 heterocycles. The standard InChI is InChI=1S/C12H14BrN3/c1-9-3-4-10(5-12(9)13)15-7-11-6-14-8-16(11)2/h3-6,8,15H,7H2,1-2H3. The fraction of sp³-hybridized carbons (Fsp3) is 0.250. The first-order chi connectivity index (χ1) is 7.66. The third-order valence-electron chi connectivity index (χ3n) is 2.56. The van der Waals surface area contributed by atoms with Crippen molar-refractivity contribution in [2.75, 3.05) is 5.32 Å². The predicted octanol–water partition coefficient (Wildman–Crippen LogP) is 3.10. The summed E-state index contributed by atoms with van der Waals surface area (Å²) in [5.41, 5.74) is 3.52. The monoisotopic (exact) mass is 279 g/mol. The zero-order valence-electron chi connectivity index (χ0n) is 9.37. The number of hydrogen-bond donors (Lipinski definition) is 1. The summed E-state index contributed by atoms with van der Waals surface area (Å²) in [4.78, 5) is 4.08. The molecule has 3 nitrogen and oxygen atoms in total. The molecule has 2 aromatic rings. The number of rotatable bonds is 3. The van der Waals surface area contributed by atoms with Gasteiger partial charge in [0.2, 0.25) is 0 Å². The van der Waals surface area contributed by atoms with Gasteiger partial charge in [0.05, 0.1) is 18.6 Å². The average molecular weight is 280 g/mol. The third-order valence-corrected chi connectivity index (χ3v) is 3.42. The average Bonchev–Trinajstić information content (AvgIpc) is 2.66. The van der Waals surface area contributed by atoms with Gasteiger partial charge in [-0.05, 0) is 24.6 Å². The SMILES string of the molecule is Cc1ccc(NCc2cncn2C)cc1Br. The van der Waals surface area contributed by atoms with Gasteiger partial charge in [-0.25, -0.2) is 4.98 Å². The molecule has 0 aliphatic rings. The van der Waals surface area contributed by atoms with Crippen LogP contribution in [0.4, 0.5) is 5.69 Å². The molecule has 1 N–H and O–H groups in total. The minimum atomic E-state index is 0.784. The Kier molecular flexibility index (Phi) is 3.29. The second-order valence-electron chi connectivity index (χ2n) is 3.81. The highest BCUT2D eigenvalue weighted by Gasteiger charge is 2.00. The number of halogens is 1. The Labute approximate surface area is 104 Å². The van der Waals surface area contributed by atoms with Crippen molar-refractivity contribution >= 4 is 21.6 Å². The van der Waals surface area contributed by atoms with Crippen LogP contribution >= 0.6 is 15.9 Å². The Bertz CT molecular complexity index is 491. The largest absolute Gasteiger partial charge is 0.379 e. The van der Waals surface area contributed by atoms with Crippen LogP contribution in [0.1, 0.15) is 11.3 Å². The summed E-state index contributed by atoms with van der Waals surface area (Å²) in [5.74, 6) is 0. The first kappa shape index (κ1) is 11.2. The number of imidazole rings is 1. The van der Waals surface area contributed by atoms with Crippen molar-refractivity contribution < 1.29 is 0 Å². The highest BCUT2D eigenvalue weighted by molar-refractivity contribution is 9.10. The van der Waals surface area contributed by atoms with Crippen LogP contribution in [0.3, 0.4) is 0 Å². The summed E-state index contributed by atoms with van der Waals surface area (Å²) in [5, 5.41) is 3.37. The maximum absolute atomic E-state index is 4.08. The van der Waals surface area contributed by atoms with Crippen molar-refractivity contribution in [3.8, 4) is 0 Å². The van der Waals surface area contributed by atoms with Gasteiger partial charge in [-0.1, -0.05) is 22.0 Å². The molecule has 1 aromatic heterocycles. The number of hydrogen-bond acceptors (Lipinski definition) is 2. The Morgan fingerprint density at radius 1 is 1.44 bits per heavy atom. The number of nitrogens with one attached hydrogen (secondary N) is 1. The first-order valence-corrected chi connectivity index (χ1v) is 5.91. The van der Waals surface area contributed by atoms with Gasteiger partial charge < -0.3 is 9.88 Å². The molecule has 0 aliphatic carbocycles. The van der Waals surface area contributed by atoms with Crippen molar-refractivity contribution in [2.45, 2.75) is 13.5 Å². The molecule has 84 valence electrons. The number of anilines is 1. The lowest BCUT2D eigenvalue weighted by Crippen LogP contribution is -2.03. The van der Waals surface area contributed by atoms with Crippen LogP contribution in [-0.4, -0.2) is 9.55 Å². The van der Waals surface area contributed by atoms with Gasteiger partial charge in [0.25, 0.3) is 0 Å². The summed E-state index contributed by atoms with van der Waals surface area (Å²) in [7, 11) is 2.00. The lowest BCUT2D eigenvalue weighted by molar-refractivity contribution is 0.837. The van der Waals surface area contributed by atoms with E-state index in [1.807, 2.05) is 24.1 Å². The topological polar surface area (TPSA) is 29.9 Å². The van der Waals surface area contributed by atoms with Crippen molar-refractivity contribution in [3.63, 3.8) is 0 Å². The van der Waals surface area contributed by atoms with Crippen LogP contribution in [0.5, 0.6) is 0 Å². The van der Waals surface area contributed by atoms with Gasteiger partial charge in [-0.2, -0.15) is 0 Å². The van der Waals surface area contributed by atoms with Gasteiger partial charge in [-0.3, -0.25) is 0 Å². The number of aromatic nitrogens is 2. The van der Waals surface area contributed by atoms with E-state index >= 15 is 0 Å². The van der Waals surface area contributed by atoms with Crippen molar-refractivity contribution in [1.82, 2.24) is 9.55 Å². The van der Waals surface area contributed by atoms with Crippen LogP contribution in [0, 0.1) is 6.92 Å². The quantitative estimate of drug-likeness (QED) is 0.936. The normalized spacial score (nSPS) is 10.4. The number of benzene rings is 1. The molecule has 0 saturated heterocycles. The number of aryl methyl sites for hydroxylation is 2. The molecule has 0 amide bonds. The van der Waals surface area contributed by atoms with Crippen molar-refractivity contribution in [1.29, 1.82) is 0 Å². The van der Waals surface area contributed by atoms with Gasteiger partial charge >= 0.3 is 0 Å². The van der Waals surface area contributed by atoms with Gasteiger partial charge in [0, 0.05) is 23.4 Å². The summed E-state index contributed by atoms with van der Waals surface area (Å²) in [6, 6.07) is 6.26. The summed E-state index contributed by atoms with van der Waals surface area (Å²) >= 11 is 3.52. The molecule has 1 aromatic carbocycles. The van der Waals surface area contributed by atoms with E-state index in [1.54, 1.807) is 0 Å². The zero-order chi connectivity index (χ0) is 11.5. The minimum Gasteiger partial charge on any atom is -0.379 e. The van der Waals surface area contributed by atoms with Crippen molar-refractivity contribution in [2.24, 2.45) is 7.05 Å². The van der Waals surface area contributed by atoms with Gasteiger partial charge in [0.15, 0.2) is 0 Å². The highest BCUT2D eigenvalue weighted by atomic mass is 79.9. The van der Waals surface area contributed by atoms with E-state index in [1.165, 1.54) is 5.56 Å². The Morgan fingerprint density at radius 2 is 2.25 bits per heavy atom. The Hall–Kier alpha value is -1.29. The molecule has 0 atom stereocenters. The fourth-order valence-electron chi connectivity index (χ4n) is 1.45. The molecular weight excluding hydrogens is 266 g/mol. The van der Waals surface area contributed by atoms with Crippen LogP contribution in [-0.2, 0) is 13.6 Å². The summed E-state index contributed by atoms with van der Waals surface area (Å²) in [6.45, 7) is 2.86. The molecule has 0 fully saturated rings. The predicted molar refractivity (Wildman–Crippen MR) is 69.4 cm³/mol. The molecule has 0 bridgehead atoms. The molecule has 2 rings (SSSR count). The van der Waals surface area contributed by atoms with E-state index in [4.69, 9.17) is 0 Å².